The maximum Gasteiger partial charge on any atom is 0.123 e. The van der Waals surface area contributed by atoms with Crippen molar-refractivity contribution < 1.29 is 4.39 Å². The molecule has 2 saturated heterocycles. The van der Waals surface area contributed by atoms with Crippen molar-refractivity contribution >= 4 is 11.8 Å². The molecule has 1 aromatic rings. The lowest BCUT2D eigenvalue weighted by atomic mass is 9.85. The molecule has 3 heterocycles. The summed E-state index contributed by atoms with van der Waals surface area (Å²) in [6.45, 7) is 5.94. The van der Waals surface area contributed by atoms with Crippen molar-refractivity contribution in [2.45, 2.75) is 68.2 Å². The van der Waals surface area contributed by atoms with Gasteiger partial charge in [0, 0.05) is 28.8 Å². The van der Waals surface area contributed by atoms with E-state index >= 15 is 0 Å². The second-order valence-corrected chi connectivity index (χ2v) is 9.10. The van der Waals surface area contributed by atoms with Gasteiger partial charge in [-0.05, 0) is 67.7 Å². The lowest BCUT2D eigenvalue weighted by molar-refractivity contribution is 0.0904. The summed E-state index contributed by atoms with van der Waals surface area (Å²) >= 11 is 2.01. The Morgan fingerprint density at radius 3 is 2.64 bits per heavy atom. The van der Waals surface area contributed by atoms with Crippen LogP contribution in [-0.4, -0.2) is 28.8 Å². The van der Waals surface area contributed by atoms with Crippen LogP contribution >= 0.6 is 11.8 Å². The summed E-state index contributed by atoms with van der Waals surface area (Å²) in [7, 11) is 0. The fraction of sp³-hybridized carbons (Fsp3) is 0.684. The van der Waals surface area contributed by atoms with Crippen LogP contribution in [0.3, 0.4) is 0 Å². The van der Waals surface area contributed by atoms with E-state index in [1.807, 2.05) is 17.8 Å². The van der Waals surface area contributed by atoms with Gasteiger partial charge in [0.25, 0.3) is 0 Å². The molecule has 0 N–H and O–H groups in total. The van der Waals surface area contributed by atoms with Gasteiger partial charge >= 0.3 is 0 Å². The van der Waals surface area contributed by atoms with Crippen molar-refractivity contribution in [3.05, 3.63) is 29.6 Å². The summed E-state index contributed by atoms with van der Waals surface area (Å²) in [5.74, 6) is 1.51. The van der Waals surface area contributed by atoms with Gasteiger partial charge in [0.05, 0.1) is 0 Å². The van der Waals surface area contributed by atoms with Gasteiger partial charge in [-0.1, -0.05) is 13.8 Å². The first-order valence-corrected chi connectivity index (χ1v) is 9.69. The van der Waals surface area contributed by atoms with Crippen LogP contribution in [0.1, 0.15) is 45.1 Å². The normalized spacial score (nSPS) is 34.4. The van der Waals surface area contributed by atoms with Crippen LogP contribution in [0.2, 0.25) is 0 Å². The third kappa shape index (κ3) is 2.71. The standard InChI is InChI=1S/C19H26FNS/c1-12(2)11-21-16-4-5-17(21)9-14(8-16)19-10-13-7-15(20)3-6-18(13)22-19/h3,6-7,12,14,16-17,19H,4-5,8-11H2,1-2H3. The molecule has 4 rings (SSSR count). The van der Waals surface area contributed by atoms with Gasteiger partial charge in [-0.2, -0.15) is 0 Å². The molecule has 22 heavy (non-hydrogen) atoms. The van der Waals surface area contributed by atoms with Crippen LogP contribution in [-0.2, 0) is 6.42 Å². The Labute approximate surface area is 137 Å². The minimum Gasteiger partial charge on any atom is -0.297 e. The van der Waals surface area contributed by atoms with E-state index in [-0.39, 0.29) is 5.82 Å². The van der Waals surface area contributed by atoms with Crippen LogP contribution < -0.4 is 0 Å². The van der Waals surface area contributed by atoms with Crippen molar-refractivity contribution in [3.8, 4) is 0 Å². The zero-order chi connectivity index (χ0) is 15.3. The number of rotatable bonds is 3. The second-order valence-electron chi connectivity index (χ2n) is 7.82. The molecule has 2 fully saturated rings. The van der Waals surface area contributed by atoms with E-state index in [1.54, 1.807) is 12.1 Å². The van der Waals surface area contributed by atoms with E-state index in [1.165, 1.54) is 42.7 Å². The summed E-state index contributed by atoms with van der Waals surface area (Å²) in [6, 6.07) is 6.98. The molecule has 3 unspecified atom stereocenters. The predicted molar refractivity (Wildman–Crippen MR) is 90.8 cm³/mol. The first-order valence-electron chi connectivity index (χ1n) is 8.81. The van der Waals surface area contributed by atoms with E-state index in [4.69, 9.17) is 0 Å². The fourth-order valence-electron chi connectivity index (χ4n) is 4.85. The van der Waals surface area contributed by atoms with Crippen LogP contribution in [0, 0.1) is 17.7 Å². The number of benzene rings is 1. The van der Waals surface area contributed by atoms with Crippen LogP contribution in [0.15, 0.2) is 23.1 Å². The van der Waals surface area contributed by atoms with Gasteiger partial charge in [-0.3, -0.25) is 4.90 Å². The summed E-state index contributed by atoms with van der Waals surface area (Å²) in [6.07, 6.45) is 6.58. The number of hydrogen-bond acceptors (Lipinski definition) is 2. The molecule has 3 aliphatic heterocycles. The number of nitrogens with zero attached hydrogens (tertiary/aromatic N) is 1. The van der Waals surface area contributed by atoms with Crippen LogP contribution in [0.25, 0.3) is 0 Å². The molecule has 1 nitrogen and oxygen atoms in total. The molecule has 0 aliphatic carbocycles. The molecule has 120 valence electrons. The largest absolute Gasteiger partial charge is 0.297 e. The number of piperidine rings is 1. The molecular weight excluding hydrogens is 293 g/mol. The summed E-state index contributed by atoms with van der Waals surface area (Å²) in [4.78, 5) is 4.12. The fourth-order valence-corrected chi connectivity index (χ4v) is 6.29. The minimum absolute atomic E-state index is 0.0770. The van der Waals surface area contributed by atoms with Gasteiger partial charge in [0.2, 0.25) is 0 Å². The highest BCUT2D eigenvalue weighted by Crippen LogP contribution is 2.48. The SMILES string of the molecule is CC(C)CN1C2CCC1CC(C1Cc3cc(F)ccc3S1)C2. The molecule has 3 atom stereocenters. The van der Waals surface area contributed by atoms with E-state index < -0.39 is 0 Å². The van der Waals surface area contributed by atoms with E-state index in [0.29, 0.717) is 5.25 Å². The zero-order valence-electron chi connectivity index (χ0n) is 13.6. The molecule has 0 amide bonds. The third-order valence-corrected chi connectivity index (χ3v) is 7.25. The van der Waals surface area contributed by atoms with Crippen molar-refractivity contribution in [2.75, 3.05) is 6.54 Å². The molecule has 2 bridgehead atoms. The number of halogens is 1. The Bertz CT molecular complexity index is 544. The van der Waals surface area contributed by atoms with Crippen molar-refractivity contribution in [1.29, 1.82) is 0 Å². The lowest BCUT2D eigenvalue weighted by Crippen LogP contribution is -2.46. The van der Waals surface area contributed by atoms with Crippen molar-refractivity contribution in [2.24, 2.45) is 11.8 Å². The molecule has 3 aliphatic rings. The Morgan fingerprint density at radius 2 is 1.95 bits per heavy atom. The zero-order valence-corrected chi connectivity index (χ0v) is 14.4. The summed E-state index contributed by atoms with van der Waals surface area (Å²) in [5, 5.41) is 0.682. The highest BCUT2D eigenvalue weighted by Gasteiger charge is 2.44. The second kappa shape index (κ2) is 5.83. The lowest BCUT2D eigenvalue weighted by Gasteiger charge is -2.41. The third-order valence-electron chi connectivity index (χ3n) is 5.74. The number of hydrogen-bond donors (Lipinski definition) is 0. The van der Waals surface area contributed by atoms with E-state index in [2.05, 4.69) is 18.7 Å². The average Bonchev–Trinajstić information content (AvgIpc) is 2.96. The summed E-state index contributed by atoms with van der Waals surface area (Å²) in [5.41, 5.74) is 1.24. The van der Waals surface area contributed by atoms with Gasteiger partial charge in [0.1, 0.15) is 5.82 Å². The Kier molecular flexibility index (Phi) is 3.98. The highest BCUT2D eigenvalue weighted by atomic mass is 32.2. The topological polar surface area (TPSA) is 3.24 Å². The van der Waals surface area contributed by atoms with Gasteiger partial charge in [0.15, 0.2) is 0 Å². The molecule has 0 aromatic heterocycles. The molecule has 0 saturated carbocycles. The Morgan fingerprint density at radius 1 is 1.23 bits per heavy atom. The molecule has 1 aromatic carbocycles. The van der Waals surface area contributed by atoms with Gasteiger partial charge in [-0.25, -0.2) is 4.39 Å². The molecule has 0 spiro atoms. The quantitative estimate of drug-likeness (QED) is 0.791. The summed E-state index contributed by atoms with van der Waals surface area (Å²) < 4.78 is 13.4. The van der Waals surface area contributed by atoms with Gasteiger partial charge < -0.3 is 0 Å². The van der Waals surface area contributed by atoms with Crippen molar-refractivity contribution in [1.82, 2.24) is 4.90 Å². The number of thioether (sulfide) groups is 1. The minimum atomic E-state index is -0.0770. The van der Waals surface area contributed by atoms with Crippen LogP contribution in [0.5, 0.6) is 0 Å². The predicted octanol–water partition coefficient (Wildman–Crippen LogP) is 4.74. The number of fused-ring (bicyclic) bond motifs is 3. The maximum atomic E-state index is 13.4. The Hall–Kier alpha value is -0.540. The smallest absolute Gasteiger partial charge is 0.123 e. The monoisotopic (exact) mass is 319 g/mol. The molecule has 0 radical (unpaired) electrons. The van der Waals surface area contributed by atoms with Crippen molar-refractivity contribution in [3.63, 3.8) is 0 Å². The maximum absolute atomic E-state index is 13.4. The first kappa shape index (κ1) is 15.0. The highest BCUT2D eigenvalue weighted by molar-refractivity contribution is 8.00. The van der Waals surface area contributed by atoms with Crippen LogP contribution in [0.4, 0.5) is 4.39 Å². The van der Waals surface area contributed by atoms with E-state index in [0.717, 1.165) is 30.3 Å². The van der Waals surface area contributed by atoms with E-state index in [9.17, 15) is 4.39 Å². The molecular formula is C19H26FNS. The average molecular weight is 319 g/mol. The molecule has 3 heteroatoms. The Balaban J connectivity index is 1.44. The van der Waals surface area contributed by atoms with Gasteiger partial charge in [-0.15, -0.1) is 11.8 Å². The first-order chi connectivity index (χ1) is 10.6.